The highest BCUT2D eigenvalue weighted by atomic mass is 16.5. The number of carbonyl (C=O) groups excluding carboxylic acids is 1. The summed E-state index contributed by atoms with van der Waals surface area (Å²) in [5.74, 6) is -0.0874. The highest BCUT2D eigenvalue weighted by molar-refractivity contribution is 5.88. The van der Waals surface area contributed by atoms with Crippen molar-refractivity contribution in [2.45, 2.75) is 24.5 Å². The molecule has 5 heteroatoms. The molecule has 0 aromatic rings. The van der Waals surface area contributed by atoms with Gasteiger partial charge in [0.05, 0.1) is 18.2 Å². The van der Waals surface area contributed by atoms with Crippen molar-refractivity contribution in [1.29, 1.82) is 0 Å². The summed E-state index contributed by atoms with van der Waals surface area (Å²) < 4.78 is 10.0. The van der Waals surface area contributed by atoms with Crippen molar-refractivity contribution in [3.8, 4) is 0 Å². The molecule has 0 aliphatic heterocycles. The van der Waals surface area contributed by atoms with Crippen LogP contribution in [0.4, 0.5) is 0 Å². The molecule has 82 valence electrons. The summed E-state index contributed by atoms with van der Waals surface area (Å²) in [6, 6.07) is 0. The topological polar surface area (TPSA) is 73.6 Å². The molecule has 14 heavy (non-hydrogen) atoms. The Kier molecular flexibility index (Phi) is 3.86. The monoisotopic (exact) mass is 202 g/mol. The summed E-state index contributed by atoms with van der Waals surface area (Å²) in [5, 5.41) is 2.75. The van der Waals surface area contributed by atoms with Gasteiger partial charge in [0.1, 0.15) is 0 Å². The molecule has 0 spiro atoms. The maximum Gasteiger partial charge on any atom is 0.240 e. The normalized spacial score (nSPS) is 20.2. The number of ether oxygens (including phenoxy) is 2. The molecular weight excluding hydrogens is 184 g/mol. The van der Waals surface area contributed by atoms with Gasteiger partial charge in [0.2, 0.25) is 5.91 Å². The second-order valence-corrected chi connectivity index (χ2v) is 3.68. The molecular formula is C9H18N2O3. The van der Waals surface area contributed by atoms with Crippen molar-refractivity contribution >= 4 is 5.91 Å². The number of rotatable bonds is 6. The predicted octanol–water partition coefficient (Wildman–Crippen LogP) is -0.745. The Balaban J connectivity index is 2.21. The third kappa shape index (κ3) is 2.94. The molecule has 1 rings (SSSR count). The fourth-order valence-electron chi connectivity index (χ4n) is 1.14. The summed E-state index contributed by atoms with van der Waals surface area (Å²) in [5.41, 5.74) is 5.10. The van der Waals surface area contributed by atoms with Gasteiger partial charge in [-0.15, -0.1) is 0 Å². The van der Waals surface area contributed by atoms with Crippen LogP contribution in [-0.4, -0.2) is 44.9 Å². The number of methoxy groups -OCH3 is 2. The van der Waals surface area contributed by atoms with E-state index in [-0.39, 0.29) is 12.0 Å². The van der Waals surface area contributed by atoms with E-state index < -0.39 is 5.54 Å². The van der Waals surface area contributed by atoms with Crippen LogP contribution in [0.2, 0.25) is 0 Å². The van der Waals surface area contributed by atoms with Crippen LogP contribution in [0.3, 0.4) is 0 Å². The maximum atomic E-state index is 11.4. The minimum Gasteiger partial charge on any atom is -0.382 e. The number of nitrogens with two attached hydrogens (primary N) is 1. The second kappa shape index (κ2) is 4.72. The first-order chi connectivity index (χ1) is 6.62. The van der Waals surface area contributed by atoms with Gasteiger partial charge in [0.25, 0.3) is 0 Å². The standard InChI is InChI=1S/C9H18N2O3/c1-13-6-7(14-2)5-11-8(12)9(10)3-4-9/h7H,3-6,10H2,1-2H3,(H,11,12). The van der Waals surface area contributed by atoms with Crippen molar-refractivity contribution in [2.24, 2.45) is 5.73 Å². The molecule has 1 amide bonds. The number of hydrogen-bond acceptors (Lipinski definition) is 4. The van der Waals surface area contributed by atoms with Gasteiger partial charge in [-0.3, -0.25) is 4.79 Å². The fourth-order valence-corrected chi connectivity index (χ4v) is 1.14. The van der Waals surface area contributed by atoms with Crippen LogP contribution in [-0.2, 0) is 14.3 Å². The quantitative estimate of drug-likeness (QED) is 0.594. The van der Waals surface area contributed by atoms with Gasteiger partial charge < -0.3 is 20.5 Å². The lowest BCUT2D eigenvalue weighted by Gasteiger charge is -2.16. The van der Waals surface area contributed by atoms with E-state index >= 15 is 0 Å². The summed E-state index contributed by atoms with van der Waals surface area (Å²) in [6.07, 6.45) is 1.45. The van der Waals surface area contributed by atoms with Crippen LogP contribution in [0.5, 0.6) is 0 Å². The lowest BCUT2D eigenvalue weighted by molar-refractivity contribution is -0.124. The summed E-state index contributed by atoms with van der Waals surface area (Å²) in [6.45, 7) is 0.913. The van der Waals surface area contributed by atoms with Crippen LogP contribution in [0, 0.1) is 0 Å². The molecule has 3 N–H and O–H groups in total. The van der Waals surface area contributed by atoms with E-state index in [0.717, 1.165) is 12.8 Å². The van der Waals surface area contributed by atoms with Crippen molar-refractivity contribution < 1.29 is 14.3 Å². The van der Waals surface area contributed by atoms with Gasteiger partial charge in [-0.25, -0.2) is 0 Å². The van der Waals surface area contributed by atoms with E-state index in [2.05, 4.69) is 5.32 Å². The zero-order valence-electron chi connectivity index (χ0n) is 8.71. The summed E-state index contributed by atoms with van der Waals surface area (Å²) in [4.78, 5) is 11.4. The van der Waals surface area contributed by atoms with E-state index in [9.17, 15) is 4.79 Å². The van der Waals surface area contributed by atoms with Crippen LogP contribution >= 0.6 is 0 Å². The van der Waals surface area contributed by atoms with Crippen LogP contribution in [0.15, 0.2) is 0 Å². The number of carbonyl (C=O) groups is 1. The van der Waals surface area contributed by atoms with Gasteiger partial charge in [0, 0.05) is 20.8 Å². The molecule has 1 unspecified atom stereocenters. The summed E-state index contributed by atoms with van der Waals surface area (Å²) in [7, 11) is 3.18. The Morgan fingerprint density at radius 1 is 1.57 bits per heavy atom. The fraction of sp³-hybridized carbons (Fsp3) is 0.889. The third-order valence-electron chi connectivity index (χ3n) is 2.42. The average molecular weight is 202 g/mol. The van der Waals surface area contributed by atoms with E-state index in [4.69, 9.17) is 15.2 Å². The molecule has 0 aromatic carbocycles. The number of nitrogens with one attached hydrogen (secondary N) is 1. The number of amides is 1. The lowest BCUT2D eigenvalue weighted by Crippen LogP contribution is -2.46. The first-order valence-electron chi connectivity index (χ1n) is 4.71. The van der Waals surface area contributed by atoms with Crippen molar-refractivity contribution in [2.75, 3.05) is 27.4 Å². The molecule has 0 radical (unpaired) electrons. The second-order valence-electron chi connectivity index (χ2n) is 3.68. The zero-order valence-corrected chi connectivity index (χ0v) is 8.71. The molecule has 1 aliphatic rings. The zero-order chi connectivity index (χ0) is 10.6. The predicted molar refractivity (Wildman–Crippen MR) is 51.8 cm³/mol. The van der Waals surface area contributed by atoms with Crippen molar-refractivity contribution in [3.05, 3.63) is 0 Å². The molecule has 0 heterocycles. The first kappa shape index (κ1) is 11.4. The van der Waals surface area contributed by atoms with Gasteiger partial charge in [-0.2, -0.15) is 0 Å². The molecule has 1 saturated carbocycles. The molecule has 1 atom stereocenters. The molecule has 1 aliphatic carbocycles. The van der Waals surface area contributed by atoms with E-state index in [1.54, 1.807) is 14.2 Å². The van der Waals surface area contributed by atoms with Crippen LogP contribution in [0.1, 0.15) is 12.8 Å². The average Bonchev–Trinajstić information content (AvgIpc) is 2.91. The largest absolute Gasteiger partial charge is 0.382 e. The maximum absolute atomic E-state index is 11.4. The highest BCUT2D eigenvalue weighted by Gasteiger charge is 2.45. The SMILES string of the molecule is COCC(CNC(=O)C1(N)CC1)OC. The van der Waals surface area contributed by atoms with Gasteiger partial charge in [-0.1, -0.05) is 0 Å². The Morgan fingerprint density at radius 3 is 2.64 bits per heavy atom. The van der Waals surface area contributed by atoms with E-state index in [1.165, 1.54) is 0 Å². The molecule has 0 aromatic heterocycles. The third-order valence-corrected chi connectivity index (χ3v) is 2.42. The minimum absolute atomic E-state index is 0.0874. The number of hydrogen-bond donors (Lipinski definition) is 2. The van der Waals surface area contributed by atoms with Crippen molar-refractivity contribution in [1.82, 2.24) is 5.32 Å². The minimum atomic E-state index is -0.606. The molecule has 0 saturated heterocycles. The molecule has 0 bridgehead atoms. The highest BCUT2D eigenvalue weighted by Crippen LogP contribution is 2.31. The van der Waals surface area contributed by atoms with Crippen molar-refractivity contribution in [3.63, 3.8) is 0 Å². The van der Waals surface area contributed by atoms with Crippen LogP contribution in [0.25, 0.3) is 0 Å². The van der Waals surface area contributed by atoms with Gasteiger partial charge >= 0.3 is 0 Å². The Morgan fingerprint density at radius 2 is 2.21 bits per heavy atom. The molecule has 1 fully saturated rings. The van der Waals surface area contributed by atoms with Gasteiger partial charge in [0.15, 0.2) is 0 Å². The Hall–Kier alpha value is -0.650. The van der Waals surface area contributed by atoms with Gasteiger partial charge in [-0.05, 0) is 12.8 Å². The van der Waals surface area contributed by atoms with E-state index in [1.807, 2.05) is 0 Å². The smallest absolute Gasteiger partial charge is 0.240 e. The lowest BCUT2D eigenvalue weighted by atomic mass is 10.2. The molecule has 5 nitrogen and oxygen atoms in total. The Bertz CT molecular complexity index is 204. The first-order valence-corrected chi connectivity index (χ1v) is 4.71. The van der Waals surface area contributed by atoms with Crippen LogP contribution < -0.4 is 11.1 Å². The Labute approximate surface area is 83.9 Å². The van der Waals surface area contributed by atoms with E-state index in [0.29, 0.717) is 13.2 Å². The summed E-state index contributed by atoms with van der Waals surface area (Å²) >= 11 is 0.